The molecule has 0 bridgehead atoms. The highest BCUT2D eigenvalue weighted by Crippen LogP contribution is 2.10. The number of likely N-dealkylation sites (N-methyl/N-ethyl adjacent to an activating group) is 1. The molecule has 28 heavy (non-hydrogen) atoms. The molecule has 0 heterocycles. The van der Waals surface area contributed by atoms with Gasteiger partial charge in [0.1, 0.15) is 13.2 Å². The van der Waals surface area contributed by atoms with Crippen molar-refractivity contribution < 1.29 is 23.9 Å². The van der Waals surface area contributed by atoms with Crippen LogP contribution < -0.4 is 5.73 Å². The minimum absolute atomic E-state index is 0.135. The fraction of sp³-hybridized carbons (Fsp3) is 0.333. The summed E-state index contributed by atoms with van der Waals surface area (Å²) in [4.78, 5) is 29.5. The van der Waals surface area contributed by atoms with E-state index in [4.69, 9.17) is 20.0 Å². The smallest absolute Gasteiger partial charge is 0.332 e. The molecule has 0 fully saturated rings. The number of hydrogen-bond acceptors (Lipinski definition) is 6. The highest BCUT2D eigenvalue weighted by Gasteiger charge is 2.30. The third kappa shape index (κ3) is 6.77. The molecule has 0 unspecified atom stereocenters. The summed E-state index contributed by atoms with van der Waals surface area (Å²) < 4.78 is 10.7. The van der Waals surface area contributed by atoms with E-state index in [0.29, 0.717) is 6.42 Å². The van der Waals surface area contributed by atoms with Gasteiger partial charge in [-0.05, 0) is 17.5 Å². The summed E-state index contributed by atoms with van der Waals surface area (Å²) in [6, 6.07) is 18.1. The van der Waals surface area contributed by atoms with Gasteiger partial charge in [0.25, 0.3) is 5.91 Å². The number of carbonyl (C=O) groups excluding carboxylic acids is 2. The van der Waals surface area contributed by atoms with Gasteiger partial charge >= 0.3 is 5.97 Å². The molecule has 0 aromatic heterocycles. The lowest BCUT2D eigenvalue weighted by molar-refractivity contribution is -0.184. The first-order valence-corrected chi connectivity index (χ1v) is 8.93. The molecule has 0 aliphatic rings. The van der Waals surface area contributed by atoms with Gasteiger partial charge in [0.15, 0.2) is 6.10 Å². The lowest BCUT2D eigenvalue weighted by Gasteiger charge is -2.26. The molecule has 7 heteroatoms. The van der Waals surface area contributed by atoms with E-state index in [2.05, 4.69) is 0 Å². The van der Waals surface area contributed by atoms with Crippen molar-refractivity contribution in [3.63, 3.8) is 0 Å². The number of nitrogens with zero attached hydrogens (tertiary/aromatic N) is 1. The van der Waals surface area contributed by atoms with Crippen LogP contribution in [0.3, 0.4) is 0 Å². The number of amides is 1. The van der Waals surface area contributed by atoms with E-state index >= 15 is 0 Å². The zero-order valence-electron chi connectivity index (χ0n) is 16.1. The highest BCUT2D eigenvalue weighted by atomic mass is 16.7. The van der Waals surface area contributed by atoms with E-state index in [-0.39, 0.29) is 13.2 Å². The Labute approximate surface area is 164 Å². The molecule has 150 valence electrons. The number of hydroxylamine groups is 2. The van der Waals surface area contributed by atoms with Crippen LogP contribution in [0, 0.1) is 0 Å². The van der Waals surface area contributed by atoms with Crippen LogP contribution in [0.2, 0.25) is 0 Å². The Morgan fingerprint density at radius 1 is 1.00 bits per heavy atom. The molecule has 0 aliphatic carbocycles. The molecular weight excluding hydrogens is 360 g/mol. The van der Waals surface area contributed by atoms with Crippen molar-refractivity contribution in [2.75, 3.05) is 20.8 Å². The van der Waals surface area contributed by atoms with Gasteiger partial charge in [-0.1, -0.05) is 60.7 Å². The number of rotatable bonds is 10. The van der Waals surface area contributed by atoms with Crippen molar-refractivity contribution in [3.8, 4) is 0 Å². The number of hydrogen-bond donors (Lipinski definition) is 1. The Morgan fingerprint density at radius 3 is 2.14 bits per heavy atom. The first kappa shape index (κ1) is 21.6. The van der Waals surface area contributed by atoms with E-state index in [0.717, 1.165) is 16.2 Å². The normalized spacial score (nSPS) is 12.8. The molecule has 0 aliphatic heterocycles. The summed E-state index contributed by atoms with van der Waals surface area (Å²) in [6.45, 7) is -0.251. The average molecular weight is 386 g/mol. The van der Waals surface area contributed by atoms with Crippen LogP contribution in [-0.4, -0.2) is 49.8 Å². The Hall–Kier alpha value is -2.74. The fourth-order valence-electron chi connectivity index (χ4n) is 2.58. The standard InChI is InChI=1S/C21H26N2O5/c1-23(26-2)21(25)20(18(22)13-16-9-5-3-6-10-16)28-15-19(24)27-14-17-11-7-4-8-12-17/h3-12,18,20H,13-15,22H2,1-2H3/t18-,20+/m0/s1. The van der Waals surface area contributed by atoms with E-state index in [1.807, 2.05) is 60.7 Å². The maximum Gasteiger partial charge on any atom is 0.332 e. The van der Waals surface area contributed by atoms with E-state index in [9.17, 15) is 9.59 Å². The van der Waals surface area contributed by atoms with Gasteiger partial charge in [-0.3, -0.25) is 9.63 Å². The first-order valence-electron chi connectivity index (χ1n) is 8.93. The third-order valence-corrected chi connectivity index (χ3v) is 4.15. The lowest BCUT2D eigenvalue weighted by atomic mass is 10.0. The van der Waals surface area contributed by atoms with Gasteiger partial charge < -0.3 is 15.2 Å². The topological polar surface area (TPSA) is 91.1 Å². The van der Waals surface area contributed by atoms with Gasteiger partial charge in [0.05, 0.1) is 7.11 Å². The minimum atomic E-state index is -1.05. The number of benzene rings is 2. The van der Waals surface area contributed by atoms with Crippen molar-refractivity contribution >= 4 is 11.9 Å². The van der Waals surface area contributed by atoms with E-state index in [1.165, 1.54) is 14.2 Å². The van der Waals surface area contributed by atoms with E-state index < -0.39 is 24.0 Å². The summed E-state index contributed by atoms with van der Waals surface area (Å²) >= 11 is 0. The second kappa shape index (κ2) is 11.2. The Balaban J connectivity index is 1.94. The molecular formula is C21H26N2O5. The summed E-state index contributed by atoms with van der Waals surface area (Å²) in [6.07, 6.45) is -0.636. The minimum Gasteiger partial charge on any atom is -0.459 e. The van der Waals surface area contributed by atoms with Gasteiger partial charge in [-0.2, -0.15) is 0 Å². The monoisotopic (exact) mass is 386 g/mol. The van der Waals surface area contributed by atoms with Crippen molar-refractivity contribution in [2.24, 2.45) is 5.73 Å². The predicted octanol–water partition coefficient (Wildman–Crippen LogP) is 1.70. The Kier molecular flexibility index (Phi) is 8.61. The van der Waals surface area contributed by atoms with Crippen LogP contribution >= 0.6 is 0 Å². The number of nitrogens with two attached hydrogens (primary N) is 1. The van der Waals surface area contributed by atoms with Crippen molar-refractivity contribution in [1.29, 1.82) is 0 Å². The highest BCUT2D eigenvalue weighted by molar-refractivity contribution is 5.81. The van der Waals surface area contributed by atoms with Crippen LogP contribution in [0.4, 0.5) is 0 Å². The molecule has 1 amide bonds. The molecule has 0 spiro atoms. The maximum atomic E-state index is 12.5. The van der Waals surface area contributed by atoms with Crippen molar-refractivity contribution in [2.45, 2.75) is 25.2 Å². The molecule has 7 nitrogen and oxygen atoms in total. The van der Waals surface area contributed by atoms with Crippen LogP contribution in [-0.2, 0) is 36.9 Å². The number of esters is 1. The molecule has 0 radical (unpaired) electrons. The average Bonchev–Trinajstić information content (AvgIpc) is 2.73. The van der Waals surface area contributed by atoms with Gasteiger partial charge in [-0.15, -0.1) is 0 Å². The molecule has 2 rings (SSSR count). The molecule has 0 saturated heterocycles. The molecule has 2 aromatic rings. The molecule has 2 N–H and O–H groups in total. The van der Waals surface area contributed by atoms with Crippen molar-refractivity contribution in [1.82, 2.24) is 5.06 Å². The second-order valence-electron chi connectivity index (χ2n) is 6.25. The van der Waals surface area contributed by atoms with Crippen LogP contribution in [0.5, 0.6) is 0 Å². The van der Waals surface area contributed by atoms with Crippen LogP contribution in [0.1, 0.15) is 11.1 Å². The summed E-state index contributed by atoms with van der Waals surface area (Å²) in [7, 11) is 2.83. The molecule has 2 aromatic carbocycles. The number of ether oxygens (including phenoxy) is 2. The maximum absolute atomic E-state index is 12.5. The Bertz CT molecular complexity index is 739. The van der Waals surface area contributed by atoms with Gasteiger partial charge in [-0.25, -0.2) is 9.86 Å². The second-order valence-corrected chi connectivity index (χ2v) is 6.25. The fourth-order valence-corrected chi connectivity index (χ4v) is 2.58. The summed E-state index contributed by atoms with van der Waals surface area (Å²) in [5.41, 5.74) is 8.04. The molecule has 0 saturated carbocycles. The number of carbonyl (C=O) groups is 2. The quantitative estimate of drug-likeness (QED) is 0.494. The van der Waals surface area contributed by atoms with E-state index in [1.54, 1.807) is 0 Å². The largest absolute Gasteiger partial charge is 0.459 e. The zero-order valence-corrected chi connectivity index (χ0v) is 16.1. The zero-order chi connectivity index (χ0) is 20.4. The van der Waals surface area contributed by atoms with Gasteiger partial charge in [0.2, 0.25) is 0 Å². The van der Waals surface area contributed by atoms with Gasteiger partial charge in [0, 0.05) is 13.1 Å². The Morgan fingerprint density at radius 2 is 1.57 bits per heavy atom. The SMILES string of the molecule is CON(C)C(=O)[C@H](OCC(=O)OCc1ccccc1)[C@@H](N)Cc1ccccc1. The van der Waals surface area contributed by atoms with Crippen LogP contribution in [0.25, 0.3) is 0 Å². The van der Waals surface area contributed by atoms with Crippen molar-refractivity contribution in [3.05, 3.63) is 71.8 Å². The summed E-state index contributed by atoms with van der Waals surface area (Å²) in [5, 5.41) is 1.03. The summed E-state index contributed by atoms with van der Waals surface area (Å²) in [5.74, 6) is -1.05. The predicted molar refractivity (Wildman–Crippen MR) is 104 cm³/mol. The lowest BCUT2D eigenvalue weighted by Crippen LogP contribution is -2.50. The third-order valence-electron chi connectivity index (χ3n) is 4.15. The molecule has 2 atom stereocenters. The first-order chi connectivity index (χ1) is 13.5. The van der Waals surface area contributed by atoms with Crippen LogP contribution in [0.15, 0.2) is 60.7 Å².